The number of amides is 1. The van der Waals surface area contributed by atoms with Crippen LogP contribution in [0.15, 0.2) is 53.8 Å². The number of rotatable bonds is 5. The number of piperazine rings is 1. The molecule has 8 heteroatoms. The quantitative estimate of drug-likeness (QED) is 0.610. The van der Waals surface area contributed by atoms with Gasteiger partial charge in [-0.1, -0.05) is 18.2 Å². The highest BCUT2D eigenvalue weighted by Crippen LogP contribution is 2.10. The Morgan fingerprint density at radius 2 is 1.78 bits per heavy atom. The van der Waals surface area contributed by atoms with Crippen LogP contribution in [0.5, 0.6) is 0 Å². The molecule has 1 aromatic heterocycles. The Labute approximate surface area is 159 Å². The summed E-state index contributed by atoms with van der Waals surface area (Å²) in [6, 6.07) is 11.2. The van der Waals surface area contributed by atoms with Crippen molar-refractivity contribution in [3.8, 4) is 0 Å². The van der Waals surface area contributed by atoms with Gasteiger partial charge < -0.3 is 20.4 Å². The fourth-order valence-corrected chi connectivity index (χ4v) is 2.87. The Balaban J connectivity index is 1.55. The standard InChI is InChI=1S/C19H25N7O/c1-2-20-18(23-15-17(27)24-16-7-4-3-5-8-16)25-11-13-26(14-12-25)19-21-9-6-10-22-19/h3-10H,2,11-15H2,1H3,(H,20,23)(H,24,27). The molecule has 1 aromatic carbocycles. The minimum absolute atomic E-state index is 0.0826. The summed E-state index contributed by atoms with van der Waals surface area (Å²) in [5.74, 6) is 1.38. The number of aromatic nitrogens is 2. The van der Waals surface area contributed by atoms with E-state index in [1.807, 2.05) is 43.3 Å². The molecule has 0 spiro atoms. The van der Waals surface area contributed by atoms with Gasteiger partial charge in [0.1, 0.15) is 6.54 Å². The molecule has 0 radical (unpaired) electrons. The first kappa shape index (κ1) is 18.6. The van der Waals surface area contributed by atoms with Crippen LogP contribution in [0.1, 0.15) is 6.92 Å². The number of anilines is 2. The normalized spacial score (nSPS) is 14.8. The van der Waals surface area contributed by atoms with E-state index in [1.54, 1.807) is 12.4 Å². The molecule has 1 saturated heterocycles. The number of aliphatic imine (C=N–C) groups is 1. The zero-order chi connectivity index (χ0) is 18.9. The maximum Gasteiger partial charge on any atom is 0.246 e. The summed E-state index contributed by atoms with van der Waals surface area (Å²) in [6.45, 7) is 6.07. The number of benzene rings is 1. The van der Waals surface area contributed by atoms with Gasteiger partial charge >= 0.3 is 0 Å². The van der Waals surface area contributed by atoms with Gasteiger partial charge in [0.15, 0.2) is 5.96 Å². The number of nitrogens with zero attached hydrogens (tertiary/aromatic N) is 5. The predicted octanol–water partition coefficient (Wildman–Crippen LogP) is 1.20. The summed E-state index contributed by atoms with van der Waals surface area (Å²) in [6.07, 6.45) is 3.51. The van der Waals surface area contributed by atoms with Gasteiger partial charge in [-0.3, -0.25) is 4.79 Å². The lowest BCUT2D eigenvalue weighted by Crippen LogP contribution is -2.53. The monoisotopic (exact) mass is 367 g/mol. The molecule has 0 unspecified atom stereocenters. The average molecular weight is 367 g/mol. The van der Waals surface area contributed by atoms with Crippen molar-refractivity contribution in [3.05, 3.63) is 48.8 Å². The lowest BCUT2D eigenvalue weighted by molar-refractivity contribution is -0.114. The molecule has 2 aromatic rings. The smallest absolute Gasteiger partial charge is 0.246 e. The van der Waals surface area contributed by atoms with Crippen molar-refractivity contribution in [1.29, 1.82) is 0 Å². The number of hydrogen-bond donors (Lipinski definition) is 2. The molecular formula is C19H25N7O. The first-order chi connectivity index (χ1) is 13.3. The van der Waals surface area contributed by atoms with E-state index in [0.717, 1.165) is 50.3 Å². The van der Waals surface area contributed by atoms with Crippen molar-refractivity contribution in [2.45, 2.75) is 6.92 Å². The number of carbonyl (C=O) groups is 1. The SMILES string of the molecule is CCNC(=NCC(=O)Nc1ccccc1)N1CCN(c2ncccn2)CC1. The van der Waals surface area contributed by atoms with Crippen molar-refractivity contribution < 1.29 is 4.79 Å². The molecule has 142 valence electrons. The summed E-state index contributed by atoms with van der Waals surface area (Å²) in [7, 11) is 0. The molecule has 0 atom stereocenters. The van der Waals surface area contributed by atoms with Crippen LogP contribution in [-0.4, -0.2) is 66.0 Å². The number of nitrogens with one attached hydrogen (secondary N) is 2. The highest BCUT2D eigenvalue weighted by molar-refractivity contribution is 5.94. The second-order valence-electron chi connectivity index (χ2n) is 6.11. The van der Waals surface area contributed by atoms with Crippen molar-refractivity contribution in [2.24, 2.45) is 4.99 Å². The zero-order valence-corrected chi connectivity index (χ0v) is 15.5. The third-order valence-electron chi connectivity index (χ3n) is 4.18. The molecule has 2 N–H and O–H groups in total. The molecule has 8 nitrogen and oxygen atoms in total. The number of guanidine groups is 1. The number of carbonyl (C=O) groups excluding carboxylic acids is 1. The van der Waals surface area contributed by atoms with E-state index < -0.39 is 0 Å². The first-order valence-corrected chi connectivity index (χ1v) is 9.16. The minimum atomic E-state index is -0.132. The third-order valence-corrected chi connectivity index (χ3v) is 4.18. The van der Waals surface area contributed by atoms with Crippen molar-refractivity contribution in [2.75, 3.05) is 49.5 Å². The summed E-state index contributed by atoms with van der Waals surface area (Å²) in [4.78, 5) is 29.6. The van der Waals surface area contributed by atoms with Gasteiger partial charge in [-0.2, -0.15) is 0 Å². The summed E-state index contributed by atoms with van der Waals surface area (Å²) < 4.78 is 0. The van der Waals surface area contributed by atoms with E-state index in [9.17, 15) is 4.79 Å². The molecule has 1 amide bonds. The van der Waals surface area contributed by atoms with Crippen molar-refractivity contribution in [3.63, 3.8) is 0 Å². The molecule has 2 heterocycles. The van der Waals surface area contributed by atoms with Crippen molar-refractivity contribution >= 4 is 23.5 Å². The third kappa shape index (κ3) is 5.40. The molecule has 1 fully saturated rings. The molecule has 1 aliphatic rings. The lowest BCUT2D eigenvalue weighted by atomic mass is 10.3. The summed E-state index contributed by atoms with van der Waals surface area (Å²) in [5.41, 5.74) is 0.777. The highest BCUT2D eigenvalue weighted by atomic mass is 16.1. The van der Waals surface area contributed by atoms with Crippen LogP contribution in [0.3, 0.4) is 0 Å². The van der Waals surface area contributed by atoms with E-state index in [1.165, 1.54) is 0 Å². The fourth-order valence-electron chi connectivity index (χ4n) is 2.87. The second kappa shape index (κ2) is 9.51. The molecule has 0 bridgehead atoms. The molecule has 3 rings (SSSR count). The zero-order valence-electron chi connectivity index (χ0n) is 15.5. The Kier molecular flexibility index (Phi) is 6.56. The summed E-state index contributed by atoms with van der Waals surface area (Å²) >= 11 is 0. The van der Waals surface area contributed by atoms with Gasteiger partial charge in [0.25, 0.3) is 0 Å². The van der Waals surface area contributed by atoms with Crippen LogP contribution in [0.2, 0.25) is 0 Å². The van der Waals surface area contributed by atoms with Crippen LogP contribution in [0, 0.1) is 0 Å². The Hall–Kier alpha value is -3.16. The maximum atomic E-state index is 12.2. The van der Waals surface area contributed by atoms with Crippen LogP contribution in [-0.2, 0) is 4.79 Å². The minimum Gasteiger partial charge on any atom is -0.357 e. The largest absolute Gasteiger partial charge is 0.357 e. The molecule has 0 aliphatic carbocycles. The number of para-hydroxylation sites is 1. The predicted molar refractivity (Wildman–Crippen MR) is 107 cm³/mol. The fraction of sp³-hybridized carbons (Fsp3) is 0.368. The van der Waals surface area contributed by atoms with Crippen LogP contribution in [0.4, 0.5) is 11.6 Å². The van der Waals surface area contributed by atoms with Gasteiger partial charge in [-0.15, -0.1) is 0 Å². The second-order valence-corrected chi connectivity index (χ2v) is 6.11. The Morgan fingerprint density at radius 1 is 1.07 bits per heavy atom. The first-order valence-electron chi connectivity index (χ1n) is 9.16. The Bertz CT molecular complexity index is 743. The lowest BCUT2D eigenvalue weighted by Gasteiger charge is -2.36. The Morgan fingerprint density at radius 3 is 2.44 bits per heavy atom. The van der Waals surface area contributed by atoms with Crippen LogP contribution in [0.25, 0.3) is 0 Å². The maximum absolute atomic E-state index is 12.2. The van der Waals surface area contributed by atoms with Crippen LogP contribution < -0.4 is 15.5 Å². The van der Waals surface area contributed by atoms with E-state index in [-0.39, 0.29) is 12.5 Å². The van der Waals surface area contributed by atoms with Gasteiger partial charge in [0.2, 0.25) is 11.9 Å². The highest BCUT2D eigenvalue weighted by Gasteiger charge is 2.21. The molecule has 27 heavy (non-hydrogen) atoms. The molecule has 0 saturated carbocycles. The van der Waals surface area contributed by atoms with Gasteiger partial charge in [-0.05, 0) is 25.1 Å². The van der Waals surface area contributed by atoms with E-state index in [2.05, 4.69) is 35.4 Å². The van der Waals surface area contributed by atoms with E-state index in [4.69, 9.17) is 0 Å². The van der Waals surface area contributed by atoms with Gasteiger partial charge in [0.05, 0.1) is 0 Å². The molecular weight excluding hydrogens is 342 g/mol. The van der Waals surface area contributed by atoms with Gasteiger partial charge in [0, 0.05) is 50.8 Å². The van der Waals surface area contributed by atoms with Crippen LogP contribution >= 0.6 is 0 Å². The van der Waals surface area contributed by atoms with Crippen molar-refractivity contribution in [1.82, 2.24) is 20.2 Å². The van der Waals surface area contributed by atoms with E-state index >= 15 is 0 Å². The number of hydrogen-bond acceptors (Lipinski definition) is 5. The summed E-state index contributed by atoms with van der Waals surface area (Å²) in [5, 5.41) is 6.13. The molecule has 1 aliphatic heterocycles. The average Bonchev–Trinajstić information content (AvgIpc) is 2.73. The van der Waals surface area contributed by atoms with Gasteiger partial charge in [-0.25, -0.2) is 15.0 Å². The topological polar surface area (TPSA) is 85.8 Å². The van der Waals surface area contributed by atoms with E-state index in [0.29, 0.717) is 0 Å².